The second kappa shape index (κ2) is 7.51. The monoisotopic (exact) mass is 415 g/mol. The number of aromatic nitrogens is 2. The first-order chi connectivity index (χ1) is 13.9. The molecule has 29 heavy (non-hydrogen) atoms. The molecule has 1 aliphatic rings. The lowest BCUT2D eigenvalue weighted by atomic mass is 9.96. The van der Waals surface area contributed by atoms with E-state index in [1.807, 2.05) is 0 Å². The zero-order valence-corrected chi connectivity index (χ0v) is 16.5. The standard InChI is InChI=1S/C21H16F3N3OS/c1-11-10-12(22)6-7-13(11)18-14-8-9-17(28)27(20(14)26-21(25-18)29-2)19-15(23)4-3-5-16(19)24/h3-7,10H,8-9H2,1-2H3. The summed E-state index contributed by atoms with van der Waals surface area (Å²) in [7, 11) is 0. The van der Waals surface area contributed by atoms with Crippen LogP contribution in [0.4, 0.5) is 24.7 Å². The molecule has 1 aromatic heterocycles. The molecule has 0 saturated carbocycles. The number of carbonyl (C=O) groups is 1. The number of fused-ring (bicyclic) bond motifs is 1. The van der Waals surface area contributed by atoms with Crippen LogP contribution in [-0.4, -0.2) is 22.1 Å². The number of aryl methyl sites for hydroxylation is 1. The Morgan fingerprint density at radius 1 is 1.03 bits per heavy atom. The van der Waals surface area contributed by atoms with Crippen molar-refractivity contribution in [2.24, 2.45) is 0 Å². The summed E-state index contributed by atoms with van der Waals surface area (Å²) in [6, 6.07) is 7.78. The van der Waals surface area contributed by atoms with E-state index in [0.717, 1.165) is 17.0 Å². The van der Waals surface area contributed by atoms with Gasteiger partial charge in [-0.1, -0.05) is 17.8 Å². The Hall–Kier alpha value is -2.87. The Morgan fingerprint density at radius 3 is 2.41 bits per heavy atom. The number of hydrogen-bond acceptors (Lipinski definition) is 4. The summed E-state index contributed by atoms with van der Waals surface area (Å²) in [6.45, 7) is 1.76. The van der Waals surface area contributed by atoms with E-state index in [1.54, 1.807) is 19.2 Å². The van der Waals surface area contributed by atoms with E-state index in [2.05, 4.69) is 9.97 Å². The molecule has 0 radical (unpaired) electrons. The Morgan fingerprint density at radius 2 is 1.76 bits per heavy atom. The van der Waals surface area contributed by atoms with Gasteiger partial charge >= 0.3 is 0 Å². The predicted octanol–water partition coefficient (Wildman–Crippen LogP) is 5.20. The third kappa shape index (κ3) is 3.37. The highest BCUT2D eigenvalue weighted by atomic mass is 32.2. The maximum Gasteiger partial charge on any atom is 0.233 e. The first kappa shape index (κ1) is 19.4. The molecule has 0 saturated heterocycles. The van der Waals surface area contributed by atoms with Gasteiger partial charge in [0.15, 0.2) is 5.16 Å². The second-order valence-electron chi connectivity index (χ2n) is 6.62. The van der Waals surface area contributed by atoms with Gasteiger partial charge in [0.2, 0.25) is 5.91 Å². The molecule has 2 aromatic carbocycles. The second-order valence-corrected chi connectivity index (χ2v) is 7.39. The minimum absolute atomic E-state index is 0.0516. The average molecular weight is 415 g/mol. The molecule has 2 heterocycles. The fourth-order valence-electron chi connectivity index (χ4n) is 3.47. The van der Waals surface area contributed by atoms with E-state index >= 15 is 0 Å². The van der Waals surface area contributed by atoms with Crippen molar-refractivity contribution in [3.05, 3.63) is 65.0 Å². The number of para-hydroxylation sites is 1. The molecule has 1 amide bonds. The van der Waals surface area contributed by atoms with E-state index in [4.69, 9.17) is 0 Å². The summed E-state index contributed by atoms with van der Waals surface area (Å²) in [6.07, 6.45) is 2.14. The smallest absolute Gasteiger partial charge is 0.233 e. The quantitative estimate of drug-likeness (QED) is 0.436. The first-order valence-corrected chi connectivity index (χ1v) is 10.1. The van der Waals surface area contributed by atoms with Crippen LogP contribution in [0, 0.1) is 24.4 Å². The summed E-state index contributed by atoms with van der Waals surface area (Å²) in [5, 5.41) is 0.346. The number of benzene rings is 2. The average Bonchev–Trinajstić information content (AvgIpc) is 2.68. The lowest BCUT2D eigenvalue weighted by molar-refractivity contribution is -0.118. The molecule has 0 spiro atoms. The van der Waals surface area contributed by atoms with Crippen molar-refractivity contribution >= 4 is 29.2 Å². The Balaban J connectivity index is 2.00. The minimum atomic E-state index is -0.852. The highest BCUT2D eigenvalue weighted by Crippen LogP contribution is 2.40. The summed E-state index contributed by atoms with van der Waals surface area (Å²) in [5.41, 5.74) is 2.03. The molecule has 0 aliphatic carbocycles. The predicted molar refractivity (Wildman–Crippen MR) is 106 cm³/mol. The van der Waals surface area contributed by atoms with Crippen molar-refractivity contribution in [3.63, 3.8) is 0 Å². The molecule has 0 N–H and O–H groups in total. The number of carbonyl (C=O) groups excluding carboxylic acids is 1. The molecule has 0 unspecified atom stereocenters. The molecule has 0 bridgehead atoms. The van der Waals surface area contributed by atoms with Crippen LogP contribution in [0.25, 0.3) is 11.3 Å². The molecule has 148 valence electrons. The van der Waals surface area contributed by atoms with Gasteiger partial charge in [-0.25, -0.2) is 23.1 Å². The van der Waals surface area contributed by atoms with Gasteiger partial charge in [0, 0.05) is 17.5 Å². The van der Waals surface area contributed by atoms with Gasteiger partial charge in [-0.05, 0) is 55.5 Å². The lowest BCUT2D eigenvalue weighted by Gasteiger charge is -2.30. The van der Waals surface area contributed by atoms with Crippen LogP contribution in [0.2, 0.25) is 0 Å². The Bertz CT molecular complexity index is 1120. The molecule has 0 fully saturated rings. The Labute approximate surface area is 169 Å². The molecular formula is C21H16F3N3OS. The minimum Gasteiger partial charge on any atom is -0.274 e. The summed E-state index contributed by atoms with van der Waals surface area (Å²) in [5.74, 6) is -2.37. The van der Waals surface area contributed by atoms with Crippen LogP contribution in [0.15, 0.2) is 41.6 Å². The van der Waals surface area contributed by atoms with Crippen LogP contribution in [0.1, 0.15) is 17.5 Å². The number of rotatable bonds is 3. The number of hydrogen-bond donors (Lipinski definition) is 0. The fraction of sp³-hybridized carbons (Fsp3) is 0.190. The van der Waals surface area contributed by atoms with Gasteiger partial charge < -0.3 is 0 Å². The lowest BCUT2D eigenvalue weighted by Crippen LogP contribution is -2.34. The molecule has 1 aliphatic heterocycles. The van der Waals surface area contributed by atoms with Gasteiger partial charge in [-0.2, -0.15) is 0 Å². The van der Waals surface area contributed by atoms with E-state index in [-0.39, 0.29) is 18.1 Å². The summed E-state index contributed by atoms with van der Waals surface area (Å²) in [4.78, 5) is 22.7. The maximum atomic E-state index is 14.5. The topological polar surface area (TPSA) is 46.1 Å². The number of nitrogens with zero attached hydrogens (tertiary/aromatic N) is 3. The molecule has 8 heteroatoms. The van der Waals surface area contributed by atoms with E-state index in [9.17, 15) is 18.0 Å². The van der Waals surface area contributed by atoms with Crippen molar-refractivity contribution < 1.29 is 18.0 Å². The van der Waals surface area contributed by atoms with E-state index in [0.29, 0.717) is 34.0 Å². The molecule has 3 aromatic rings. The molecule has 4 nitrogen and oxygen atoms in total. The van der Waals surface area contributed by atoms with E-state index < -0.39 is 23.2 Å². The van der Waals surface area contributed by atoms with Crippen molar-refractivity contribution in [1.82, 2.24) is 9.97 Å². The van der Waals surface area contributed by atoms with Crippen LogP contribution in [0.5, 0.6) is 0 Å². The number of thioether (sulfide) groups is 1. The molecule has 0 atom stereocenters. The van der Waals surface area contributed by atoms with Crippen LogP contribution in [0.3, 0.4) is 0 Å². The number of amides is 1. The largest absolute Gasteiger partial charge is 0.274 e. The van der Waals surface area contributed by atoms with Gasteiger partial charge in [0.1, 0.15) is 29.0 Å². The van der Waals surface area contributed by atoms with Crippen LogP contribution >= 0.6 is 11.8 Å². The number of anilines is 2. The highest BCUT2D eigenvalue weighted by Gasteiger charge is 2.34. The van der Waals surface area contributed by atoms with E-state index in [1.165, 1.54) is 30.0 Å². The summed E-state index contributed by atoms with van der Waals surface area (Å²) >= 11 is 1.24. The fourth-order valence-corrected chi connectivity index (χ4v) is 3.83. The zero-order chi connectivity index (χ0) is 20.7. The maximum absolute atomic E-state index is 14.5. The van der Waals surface area contributed by atoms with Crippen molar-refractivity contribution in [2.75, 3.05) is 11.2 Å². The first-order valence-electron chi connectivity index (χ1n) is 8.89. The normalized spacial score (nSPS) is 13.6. The molecule has 4 rings (SSSR count). The van der Waals surface area contributed by atoms with Crippen LogP contribution < -0.4 is 4.90 Å². The molecular weight excluding hydrogens is 399 g/mol. The van der Waals surface area contributed by atoms with Gasteiger partial charge in [0.25, 0.3) is 0 Å². The van der Waals surface area contributed by atoms with Gasteiger partial charge in [0.05, 0.1) is 5.69 Å². The van der Waals surface area contributed by atoms with Gasteiger partial charge in [-0.3, -0.25) is 9.69 Å². The number of halogens is 3. The third-order valence-electron chi connectivity index (χ3n) is 4.80. The highest BCUT2D eigenvalue weighted by molar-refractivity contribution is 7.98. The zero-order valence-electron chi connectivity index (χ0n) is 15.7. The van der Waals surface area contributed by atoms with Crippen LogP contribution in [-0.2, 0) is 11.2 Å². The van der Waals surface area contributed by atoms with Gasteiger partial charge in [-0.15, -0.1) is 0 Å². The SMILES string of the molecule is CSc1nc(-c2ccc(F)cc2C)c2c(n1)N(c1c(F)cccc1F)C(=O)CC2. The third-order valence-corrected chi connectivity index (χ3v) is 5.35. The van der Waals surface area contributed by atoms with Crippen molar-refractivity contribution in [2.45, 2.75) is 24.9 Å². The summed E-state index contributed by atoms with van der Waals surface area (Å²) < 4.78 is 42.6. The Kier molecular flexibility index (Phi) is 5.04. The van der Waals surface area contributed by atoms with Crippen molar-refractivity contribution in [1.29, 1.82) is 0 Å². The van der Waals surface area contributed by atoms with Crippen molar-refractivity contribution in [3.8, 4) is 11.3 Å².